The molecule has 1 aromatic carbocycles. The van der Waals surface area contributed by atoms with E-state index in [9.17, 15) is 4.79 Å². The van der Waals surface area contributed by atoms with E-state index in [2.05, 4.69) is 5.32 Å². The number of hydrogen-bond donors (Lipinski definition) is 2. The van der Waals surface area contributed by atoms with Gasteiger partial charge in [0.25, 0.3) is 0 Å². The van der Waals surface area contributed by atoms with Gasteiger partial charge >= 0.3 is 0 Å². The Morgan fingerprint density at radius 3 is 2.61 bits per heavy atom. The first-order chi connectivity index (χ1) is 8.60. The second-order valence-corrected chi connectivity index (χ2v) is 4.35. The maximum atomic E-state index is 11.8. The van der Waals surface area contributed by atoms with Crippen LogP contribution in [0.1, 0.15) is 20.3 Å². The molecule has 18 heavy (non-hydrogen) atoms. The molecule has 0 aromatic heterocycles. The van der Waals surface area contributed by atoms with E-state index in [4.69, 9.17) is 17.3 Å². The number of para-hydroxylation sites is 1. The third-order valence-corrected chi connectivity index (χ3v) is 3.12. The minimum Gasteiger partial charge on any atom is -0.397 e. The number of hydrogen-bond acceptors (Lipinski definition) is 3. The fourth-order valence-electron chi connectivity index (χ4n) is 1.76. The molecule has 1 rings (SSSR count). The Hall–Kier alpha value is -1.42. The number of nitrogen functional groups attached to an aromatic ring is 1. The number of benzene rings is 1. The van der Waals surface area contributed by atoms with Crippen LogP contribution in [-0.2, 0) is 4.79 Å². The number of carbonyl (C=O) groups excluding carboxylic acids is 1. The Kier molecular flexibility index (Phi) is 5.78. The van der Waals surface area contributed by atoms with Gasteiger partial charge in [-0.1, -0.05) is 17.7 Å². The molecule has 0 spiro atoms. The Balaban J connectivity index is 2.49. The number of halogens is 1. The van der Waals surface area contributed by atoms with E-state index in [1.165, 1.54) is 0 Å². The fraction of sp³-hybridized carbons (Fsp3) is 0.462. The lowest BCUT2D eigenvalue weighted by atomic mass is 10.2. The van der Waals surface area contributed by atoms with Gasteiger partial charge < -0.3 is 16.0 Å². The Morgan fingerprint density at radius 1 is 1.39 bits per heavy atom. The van der Waals surface area contributed by atoms with Crippen LogP contribution >= 0.6 is 11.6 Å². The van der Waals surface area contributed by atoms with Gasteiger partial charge in [0.1, 0.15) is 0 Å². The Morgan fingerprint density at radius 2 is 2.06 bits per heavy atom. The summed E-state index contributed by atoms with van der Waals surface area (Å²) in [6, 6.07) is 5.34. The molecule has 1 amide bonds. The van der Waals surface area contributed by atoms with Crippen molar-refractivity contribution >= 4 is 28.9 Å². The van der Waals surface area contributed by atoms with Gasteiger partial charge in [-0.05, 0) is 26.0 Å². The predicted molar refractivity (Wildman–Crippen MR) is 76.9 cm³/mol. The smallest absolute Gasteiger partial charge is 0.224 e. The number of carbonyl (C=O) groups is 1. The summed E-state index contributed by atoms with van der Waals surface area (Å²) in [7, 11) is 0. The van der Waals surface area contributed by atoms with Crippen LogP contribution in [0.2, 0.25) is 5.02 Å². The molecular weight excluding hydrogens is 250 g/mol. The van der Waals surface area contributed by atoms with Crippen molar-refractivity contribution in [1.82, 2.24) is 4.90 Å². The topological polar surface area (TPSA) is 58.4 Å². The summed E-state index contributed by atoms with van der Waals surface area (Å²) in [6.07, 6.45) is 0.437. The van der Waals surface area contributed by atoms with E-state index in [0.29, 0.717) is 29.4 Å². The molecule has 0 radical (unpaired) electrons. The molecule has 0 fully saturated rings. The van der Waals surface area contributed by atoms with Crippen molar-refractivity contribution in [2.24, 2.45) is 0 Å². The van der Waals surface area contributed by atoms with Crippen LogP contribution < -0.4 is 11.1 Å². The van der Waals surface area contributed by atoms with E-state index < -0.39 is 0 Å². The maximum Gasteiger partial charge on any atom is 0.224 e. The molecule has 1 aromatic rings. The second kappa shape index (κ2) is 7.11. The molecule has 5 heteroatoms. The molecule has 3 N–H and O–H groups in total. The van der Waals surface area contributed by atoms with Crippen LogP contribution in [0, 0.1) is 0 Å². The third-order valence-electron chi connectivity index (χ3n) is 2.80. The van der Waals surface area contributed by atoms with Crippen molar-refractivity contribution in [3.8, 4) is 0 Å². The average molecular weight is 270 g/mol. The predicted octanol–water partition coefficient (Wildman–Crippen LogP) is 2.59. The normalized spacial score (nSPS) is 10.2. The van der Waals surface area contributed by atoms with Crippen molar-refractivity contribution < 1.29 is 4.79 Å². The summed E-state index contributed by atoms with van der Waals surface area (Å²) in [5.74, 6) is 0.137. The molecule has 0 bridgehead atoms. The molecule has 0 aliphatic carbocycles. The summed E-state index contributed by atoms with van der Waals surface area (Å²) in [5.41, 5.74) is 7.10. The fourth-order valence-corrected chi connectivity index (χ4v) is 2.00. The standard InChI is InChI=1S/C13H20ClN3O/c1-3-17(4-2)12(18)8-9-16-13-10(14)6-5-7-11(13)15/h5-7,16H,3-4,8-9,15H2,1-2H3. The van der Waals surface area contributed by atoms with Crippen molar-refractivity contribution in [2.45, 2.75) is 20.3 Å². The third kappa shape index (κ3) is 3.81. The van der Waals surface area contributed by atoms with Crippen LogP contribution in [0.3, 0.4) is 0 Å². The van der Waals surface area contributed by atoms with Crippen molar-refractivity contribution in [3.05, 3.63) is 23.2 Å². The monoisotopic (exact) mass is 269 g/mol. The average Bonchev–Trinajstić information content (AvgIpc) is 2.34. The Labute approximate surface area is 113 Å². The van der Waals surface area contributed by atoms with E-state index in [-0.39, 0.29) is 5.91 Å². The van der Waals surface area contributed by atoms with Gasteiger partial charge in [0, 0.05) is 26.1 Å². The first kappa shape index (κ1) is 14.6. The lowest BCUT2D eigenvalue weighted by Crippen LogP contribution is -2.31. The summed E-state index contributed by atoms with van der Waals surface area (Å²) in [6.45, 7) is 5.96. The maximum absolute atomic E-state index is 11.8. The molecular formula is C13H20ClN3O. The number of anilines is 2. The van der Waals surface area contributed by atoms with E-state index in [1.54, 1.807) is 23.1 Å². The highest BCUT2D eigenvalue weighted by Gasteiger charge is 2.09. The minimum atomic E-state index is 0.137. The van der Waals surface area contributed by atoms with Gasteiger partial charge in [-0.2, -0.15) is 0 Å². The van der Waals surface area contributed by atoms with Crippen molar-refractivity contribution in [1.29, 1.82) is 0 Å². The summed E-state index contributed by atoms with van der Waals surface area (Å²) < 4.78 is 0. The van der Waals surface area contributed by atoms with Gasteiger partial charge in [-0.25, -0.2) is 0 Å². The van der Waals surface area contributed by atoms with Crippen LogP contribution in [-0.4, -0.2) is 30.4 Å². The number of nitrogens with two attached hydrogens (primary N) is 1. The van der Waals surface area contributed by atoms with Crippen molar-refractivity contribution in [2.75, 3.05) is 30.7 Å². The zero-order valence-electron chi connectivity index (χ0n) is 10.9. The molecule has 4 nitrogen and oxygen atoms in total. The van der Waals surface area contributed by atoms with Crippen LogP contribution in [0.5, 0.6) is 0 Å². The summed E-state index contributed by atoms with van der Waals surface area (Å²) in [4.78, 5) is 13.6. The highest BCUT2D eigenvalue weighted by atomic mass is 35.5. The SMILES string of the molecule is CCN(CC)C(=O)CCNc1c(N)cccc1Cl. The quantitative estimate of drug-likeness (QED) is 0.781. The molecule has 0 saturated carbocycles. The minimum absolute atomic E-state index is 0.137. The largest absolute Gasteiger partial charge is 0.397 e. The molecule has 100 valence electrons. The molecule has 0 saturated heterocycles. The molecule has 0 aliphatic heterocycles. The van der Waals surface area contributed by atoms with Crippen LogP contribution in [0.4, 0.5) is 11.4 Å². The van der Waals surface area contributed by atoms with Gasteiger partial charge in [0.15, 0.2) is 0 Å². The summed E-state index contributed by atoms with van der Waals surface area (Å²) in [5, 5.41) is 3.69. The number of nitrogens with one attached hydrogen (secondary N) is 1. The highest BCUT2D eigenvalue weighted by Crippen LogP contribution is 2.27. The van der Waals surface area contributed by atoms with Crippen LogP contribution in [0.25, 0.3) is 0 Å². The van der Waals surface area contributed by atoms with E-state index in [1.807, 2.05) is 13.8 Å². The lowest BCUT2D eigenvalue weighted by Gasteiger charge is -2.19. The number of amides is 1. The van der Waals surface area contributed by atoms with E-state index >= 15 is 0 Å². The van der Waals surface area contributed by atoms with Gasteiger partial charge in [0.05, 0.1) is 16.4 Å². The second-order valence-electron chi connectivity index (χ2n) is 3.95. The van der Waals surface area contributed by atoms with E-state index in [0.717, 1.165) is 13.1 Å². The van der Waals surface area contributed by atoms with Gasteiger partial charge in [-0.3, -0.25) is 4.79 Å². The van der Waals surface area contributed by atoms with Gasteiger partial charge in [0.2, 0.25) is 5.91 Å². The first-order valence-electron chi connectivity index (χ1n) is 6.15. The highest BCUT2D eigenvalue weighted by molar-refractivity contribution is 6.33. The lowest BCUT2D eigenvalue weighted by molar-refractivity contribution is -0.130. The number of nitrogens with zero attached hydrogens (tertiary/aromatic N) is 1. The first-order valence-corrected chi connectivity index (χ1v) is 6.53. The van der Waals surface area contributed by atoms with Gasteiger partial charge in [-0.15, -0.1) is 0 Å². The zero-order chi connectivity index (χ0) is 13.5. The zero-order valence-corrected chi connectivity index (χ0v) is 11.6. The number of rotatable bonds is 6. The summed E-state index contributed by atoms with van der Waals surface area (Å²) >= 11 is 6.02. The molecule has 0 heterocycles. The molecule has 0 unspecified atom stereocenters. The molecule has 0 atom stereocenters. The molecule has 0 aliphatic rings. The van der Waals surface area contributed by atoms with Crippen molar-refractivity contribution in [3.63, 3.8) is 0 Å². The Bertz CT molecular complexity index is 385. The van der Waals surface area contributed by atoms with Crippen LogP contribution in [0.15, 0.2) is 18.2 Å².